The zero-order valence-electron chi connectivity index (χ0n) is 11.6. The van der Waals surface area contributed by atoms with E-state index in [9.17, 15) is 4.39 Å². The summed E-state index contributed by atoms with van der Waals surface area (Å²) in [5.74, 6) is 2.89. The highest BCUT2D eigenvalue weighted by atomic mass is 32.2. The molecule has 1 nitrogen and oxygen atoms in total. The first-order chi connectivity index (χ1) is 8.61. The predicted molar refractivity (Wildman–Crippen MR) is 79.7 cm³/mol. The van der Waals surface area contributed by atoms with Crippen LogP contribution in [0.15, 0.2) is 24.3 Å². The summed E-state index contributed by atoms with van der Waals surface area (Å²) < 4.78 is 12.8. The number of hydrogen-bond donors (Lipinski definition) is 1. The molecule has 0 aromatic heterocycles. The Hall–Kier alpha value is -0.540. The number of likely N-dealkylation sites (N-methyl/N-ethyl adjacent to an activating group) is 1. The lowest BCUT2D eigenvalue weighted by Crippen LogP contribution is -2.33. The van der Waals surface area contributed by atoms with Crippen LogP contribution in [0.25, 0.3) is 0 Å². The van der Waals surface area contributed by atoms with Crippen molar-refractivity contribution in [1.82, 2.24) is 5.32 Å². The smallest absolute Gasteiger partial charge is 0.123 e. The summed E-state index contributed by atoms with van der Waals surface area (Å²) in [5.41, 5.74) is 1.20. The van der Waals surface area contributed by atoms with Crippen LogP contribution in [-0.4, -0.2) is 24.1 Å². The number of rotatable bonds is 8. The van der Waals surface area contributed by atoms with Gasteiger partial charge in [0.15, 0.2) is 0 Å². The largest absolute Gasteiger partial charge is 0.313 e. The summed E-state index contributed by atoms with van der Waals surface area (Å²) in [4.78, 5) is 0. The Morgan fingerprint density at radius 2 is 1.83 bits per heavy atom. The normalized spacial score (nSPS) is 12.9. The van der Waals surface area contributed by atoms with Crippen LogP contribution in [0, 0.1) is 11.7 Å². The van der Waals surface area contributed by atoms with Gasteiger partial charge < -0.3 is 5.32 Å². The molecule has 0 saturated heterocycles. The minimum Gasteiger partial charge on any atom is -0.313 e. The average Bonchev–Trinajstić information content (AvgIpc) is 2.32. The van der Waals surface area contributed by atoms with Crippen LogP contribution in [0.2, 0.25) is 0 Å². The molecule has 0 radical (unpaired) electrons. The Bertz CT molecular complexity index is 324. The summed E-state index contributed by atoms with van der Waals surface area (Å²) in [6, 6.07) is 7.32. The fraction of sp³-hybridized carbons (Fsp3) is 0.600. The summed E-state index contributed by atoms with van der Waals surface area (Å²) in [6.45, 7) is 7.60. The van der Waals surface area contributed by atoms with Gasteiger partial charge in [0.2, 0.25) is 0 Å². The molecule has 0 aliphatic heterocycles. The van der Waals surface area contributed by atoms with E-state index in [2.05, 4.69) is 26.1 Å². The fourth-order valence-corrected chi connectivity index (χ4v) is 2.96. The molecule has 0 heterocycles. The lowest BCUT2D eigenvalue weighted by atomic mass is 10.1. The van der Waals surface area contributed by atoms with E-state index in [1.54, 1.807) is 12.1 Å². The molecule has 1 N–H and O–H groups in total. The number of benzene rings is 1. The molecular formula is C15H24FNS. The summed E-state index contributed by atoms with van der Waals surface area (Å²) in [5, 5.41) is 3.50. The van der Waals surface area contributed by atoms with E-state index in [4.69, 9.17) is 0 Å². The van der Waals surface area contributed by atoms with Crippen LogP contribution in [0.5, 0.6) is 0 Å². The van der Waals surface area contributed by atoms with E-state index in [-0.39, 0.29) is 5.82 Å². The SMILES string of the molecule is CCNC(CSCC(C)C)Cc1ccc(F)cc1. The minimum absolute atomic E-state index is 0.159. The summed E-state index contributed by atoms with van der Waals surface area (Å²) in [6.07, 6.45) is 0.971. The van der Waals surface area contributed by atoms with Gasteiger partial charge in [-0.25, -0.2) is 4.39 Å². The minimum atomic E-state index is -0.159. The highest BCUT2D eigenvalue weighted by molar-refractivity contribution is 7.99. The van der Waals surface area contributed by atoms with E-state index < -0.39 is 0 Å². The van der Waals surface area contributed by atoms with Crippen molar-refractivity contribution in [3.8, 4) is 0 Å². The molecule has 0 amide bonds. The zero-order valence-corrected chi connectivity index (χ0v) is 12.4. The van der Waals surface area contributed by atoms with Gasteiger partial charge in [0.05, 0.1) is 0 Å². The molecule has 0 saturated carbocycles. The van der Waals surface area contributed by atoms with E-state index in [1.165, 1.54) is 11.3 Å². The zero-order chi connectivity index (χ0) is 13.4. The van der Waals surface area contributed by atoms with Gasteiger partial charge in [0, 0.05) is 11.8 Å². The molecule has 0 aliphatic rings. The highest BCUT2D eigenvalue weighted by Crippen LogP contribution is 2.13. The molecule has 0 spiro atoms. The van der Waals surface area contributed by atoms with Crippen molar-refractivity contribution in [2.45, 2.75) is 33.2 Å². The second-order valence-corrected chi connectivity index (χ2v) is 6.09. The van der Waals surface area contributed by atoms with Crippen LogP contribution >= 0.6 is 11.8 Å². The molecule has 1 aromatic rings. The Morgan fingerprint density at radius 3 is 2.39 bits per heavy atom. The van der Waals surface area contributed by atoms with E-state index in [0.717, 1.165) is 24.6 Å². The number of halogens is 1. The fourth-order valence-electron chi connectivity index (χ4n) is 1.83. The topological polar surface area (TPSA) is 12.0 Å². The van der Waals surface area contributed by atoms with Crippen molar-refractivity contribution in [3.63, 3.8) is 0 Å². The van der Waals surface area contributed by atoms with Crippen LogP contribution in [-0.2, 0) is 6.42 Å². The quantitative estimate of drug-likeness (QED) is 0.771. The van der Waals surface area contributed by atoms with Crippen LogP contribution < -0.4 is 5.32 Å². The monoisotopic (exact) mass is 269 g/mol. The van der Waals surface area contributed by atoms with Crippen molar-refractivity contribution >= 4 is 11.8 Å². The first kappa shape index (κ1) is 15.5. The summed E-state index contributed by atoms with van der Waals surface area (Å²) >= 11 is 2.00. The second-order valence-electron chi connectivity index (χ2n) is 5.02. The molecule has 18 heavy (non-hydrogen) atoms. The van der Waals surface area contributed by atoms with Gasteiger partial charge in [-0.1, -0.05) is 32.9 Å². The molecule has 3 heteroatoms. The molecule has 1 aromatic carbocycles. The molecule has 1 rings (SSSR count). The molecule has 0 bridgehead atoms. The molecule has 1 atom stereocenters. The van der Waals surface area contributed by atoms with Crippen LogP contribution in [0.3, 0.4) is 0 Å². The van der Waals surface area contributed by atoms with Gasteiger partial charge in [-0.05, 0) is 42.3 Å². The average molecular weight is 269 g/mol. The number of nitrogens with one attached hydrogen (secondary N) is 1. The first-order valence-corrected chi connectivity index (χ1v) is 7.82. The van der Waals surface area contributed by atoms with Gasteiger partial charge in [-0.2, -0.15) is 11.8 Å². The Labute approximate surface area is 115 Å². The predicted octanol–water partition coefficient (Wildman–Crippen LogP) is 3.74. The van der Waals surface area contributed by atoms with Gasteiger partial charge in [0.25, 0.3) is 0 Å². The van der Waals surface area contributed by atoms with Crippen molar-refractivity contribution < 1.29 is 4.39 Å². The van der Waals surface area contributed by atoms with E-state index >= 15 is 0 Å². The van der Waals surface area contributed by atoms with E-state index in [0.29, 0.717) is 6.04 Å². The van der Waals surface area contributed by atoms with Crippen LogP contribution in [0.4, 0.5) is 4.39 Å². The van der Waals surface area contributed by atoms with Crippen LogP contribution in [0.1, 0.15) is 26.3 Å². The third-order valence-corrected chi connectivity index (χ3v) is 4.20. The summed E-state index contributed by atoms with van der Waals surface area (Å²) in [7, 11) is 0. The standard InChI is InChI=1S/C15H24FNS/c1-4-17-15(11-18-10-12(2)3)9-13-5-7-14(16)8-6-13/h5-8,12,15,17H,4,9-11H2,1-3H3. The van der Waals surface area contributed by atoms with Crippen molar-refractivity contribution in [3.05, 3.63) is 35.6 Å². The highest BCUT2D eigenvalue weighted by Gasteiger charge is 2.09. The van der Waals surface area contributed by atoms with Crippen molar-refractivity contribution in [1.29, 1.82) is 0 Å². The Morgan fingerprint density at radius 1 is 1.17 bits per heavy atom. The van der Waals surface area contributed by atoms with Crippen molar-refractivity contribution in [2.75, 3.05) is 18.1 Å². The first-order valence-electron chi connectivity index (χ1n) is 6.67. The van der Waals surface area contributed by atoms with Gasteiger partial charge in [-0.15, -0.1) is 0 Å². The third-order valence-electron chi connectivity index (χ3n) is 2.66. The number of hydrogen-bond acceptors (Lipinski definition) is 2. The van der Waals surface area contributed by atoms with Crippen molar-refractivity contribution in [2.24, 2.45) is 5.92 Å². The lowest BCUT2D eigenvalue weighted by molar-refractivity contribution is 0.570. The van der Waals surface area contributed by atoms with Gasteiger partial charge >= 0.3 is 0 Å². The molecule has 0 fully saturated rings. The van der Waals surface area contributed by atoms with Gasteiger partial charge in [0.1, 0.15) is 5.82 Å². The molecule has 102 valence electrons. The molecule has 0 aliphatic carbocycles. The maximum atomic E-state index is 12.8. The molecule has 1 unspecified atom stereocenters. The Balaban J connectivity index is 2.43. The molecular weight excluding hydrogens is 245 g/mol. The number of thioether (sulfide) groups is 1. The second kappa shape index (κ2) is 8.54. The third kappa shape index (κ3) is 6.41. The maximum absolute atomic E-state index is 12.8. The Kier molecular flexibility index (Phi) is 7.36. The lowest BCUT2D eigenvalue weighted by Gasteiger charge is -2.18. The maximum Gasteiger partial charge on any atom is 0.123 e. The van der Waals surface area contributed by atoms with E-state index in [1.807, 2.05) is 23.9 Å². The van der Waals surface area contributed by atoms with Gasteiger partial charge in [-0.3, -0.25) is 0 Å².